The van der Waals surface area contributed by atoms with E-state index >= 15 is 0 Å². The normalized spacial score (nSPS) is 16.8. The summed E-state index contributed by atoms with van der Waals surface area (Å²) in [7, 11) is -5.20. The highest BCUT2D eigenvalue weighted by molar-refractivity contribution is 7.81. The van der Waals surface area contributed by atoms with E-state index in [1.165, 1.54) is 0 Å². The Kier molecular flexibility index (Phi) is 7.35. The second-order valence-corrected chi connectivity index (χ2v) is 4.60. The maximum atomic E-state index is 11.9. The Labute approximate surface area is 116 Å². The summed E-state index contributed by atoms with van der Waals surface area (Å²) in [4.78, 5) is 0. The molecule has 0 aromatic rings. The van der Waals surface area contributed by atoms with Crippen molar-refractivity contribution >= 4 is 10.4 Å². The maximum absolute atomic E-state index is 11.9. The fraction of sp³-hybridized carbons (Fsp3) is 1.00. The van der Waals surface area contributed by atoms with Crippen molar-refractivity contribution in [3.05, 3.63) is 0 Å². The molecule has 0 aromatic carbocycles. The van der Waals surface area contributed by atoms with Crippen LogP contribution < -0.4 is 0 Å². The van der Waals surface area contributed by atoms with Gasteiger partial charge in [-0.25, -0.2) is 8.37 Å². The average Bonchev–Trinajstić information content (AvgIpc) is 2.22. The van der Waals surface area contributed by atoms with Crippen LogP contribution in [0.15, 0.2) is 0 Å². The van der Waals surface area contributed by atoms with Crippen molar-refractivity contribution in [2.45, 2.75) is 52.0 Å². The largest absolute Gasteiger partial charge is 0.524 e. The molecule has 2 unspecified atom stereocenters. The zero-order chi connectivity index (χ0) is 16.9. The van der Waals surface area contributed by atoms with E-state index < -0.39 is 48.5 Å². The zero-order valence-electron chi connectivity index (χ0n) is 10.7. The number of hydrogen-bond donors (Lipinski definition) is 0. The fourth-order valence-electron chi connectivity index (χ4n) is 0.926. The predicted octanol–water partition coefficient (Wildman–Crippen LogP) is 2.81. The van der Waals surface area contributed by atoms with Gasteiger partial charge in [0.15, 0.2) is 12.6 Å². The Hall–Kier alpha value is -0.630. The van der Waals surface area contributed by atoms with E-state index in [-0.39, 0.29) is 0 Å². The van der Waals surface area contributed by atoms with Gasteiger partial charge in [0.1, 0.15) is 0 Å². The highest BCUT2D eigenvalue weighted by Crippen LogP contribution is 2.24. The van der Waals surface area contributed by atoms with Crippen molar-refractivity contribution in [2.75, 3.05) is 0 Å². The Bertz CT molecular complexity index is 372. The van der Waals surface area contributed by atoms with Crippen LogP contribution in [0.4, 0.5) is 26.3 Å². The van der Waals surface area contributed by atoms with E-state index in [1.807, 2.05) is 0 Å². The topological polar surface area (TPSA) is 71.1 Å². The number of ether oxygens (including phenoxy) is 2. The molecule has 6 nitrogen and oxygen atoms in total. The van der Waals surface area contributed by atoms with Crippen LogP contribution in [0.2, 0.25) is 0 Å². The molecule has 0 saturated heterocycles. The van der Waals surface area contributed by atoms with Gasteiger partial charge in [-0.05, 0) is 12.8 Å². The summed E-state index contributed by atoms with van der Waals surface area (Å²) < 4.78 is 108. The van der Waals surface area contributed by atoms with E-state index in [1.54, 1.807) is 0 Å². The third kappa shape index (κ3) is 10.7. The molecule has 0 radical (unpaired) electrons. The van der Waals surface area contributed by atoms with E-state index in [9.17, 15) is 34.8 Å². The second-order valence-electron chi connectivity index (χ2n) is 3.40. The summed E-state index contributed by atoms with van der Waals surface area (Å²) in [6.07, 6.45) is -16.1. The lowest BCUT2D eigenvalue weighted by Crippen LogP contribution is -2.33. The zero-order valence-corrected chi connectivity index (χ0v) is 11.5. The molecule has 0 aliphatic carbocycles. The molecule has 0 amide bonds. The van der Waals surface area contributed by atoms with Crippen molar-refractivity contribution in [2.24, 2.45) is 0 Å². The fourth-order valence-corrected chi connectivity index (χ4v) is 1.85. The van der Waals surface area contributed by atoms with Crippen molar-refractivity contribution < 1.29 is 52.6 Å². The van der Waals surface area contributed by atoms with Gasteiger partial charge >= 0.3 is 23.1 Å². The third-order valence-corrected chi connectivity index (χ3v) is 2.55. The minimum Gasteiger partial charge on any atom is -0.261 e. The molecule has 0 aliphatic rings. The van der Waals surface area contributed by atoms with E-state index in [0.717, 1.165) is 13.8 Å². The van der Waals surface area contributed by atoms with Gasteiger partial charge in [-0.3, -0.25) is 9.47 Å². The highest BCUT2D eigenvalue weighted by atomic mass is 32.3. The first-order valence-electron chi connectivity index (χ1n) is 5.38. The first-order chi connectivity index (χ1) is 9.28. The monoisotopic (exact) mass is 350 g/mol. The molecule has 0 fully saturated rings. The summed E-state index contributed by atoms with van der Waals surface area (Å²) in [6.45, 7) is 2.19. The van der Waals surface area contributed by atoms with Gasteiger partial charge in [0.2, 0.25) is 0 Å². The first kappa shape index (κ1) is 20.4. The molecule has 0 aromatic heterocycles. The van der Waals surface area contributed by atoms with Gasteiger partial charge in [0.25, 0.3) is 0 Å². The molecule has 0 spiro atoms. The van der Waals surface area contributed by atoms with Crippen LogP contribution in [0.5, 0.6) is 0 Å². The Balaban J connectivity index is 4.73. The Morgan fingerprint density at radius 3 is 1.29 bits per heavy atom. The SMILES string of the molecule is CCC(OC(F)(F)F)OS(=O)(=O)OC(CC)OC(F)(F)F. The standard InChI is InChI=1S/C8H12F6O6S/c1-3-5(17-7(9,10)11)19-21(15,16)20-6(4-2)18-8(12,13)14/h5-6H,3-4H2,1-2H3. The van der Waals surface area contributed by atoms with Gasteiger partial charge in [-0.1, -0.05) is 13.8 Å². The summed E-state index contributed by atoms with van der Waals surface area (Å²) in [5.74, 6) is 0. The molecule has 0 saturated carbocycles. The number of halogens is 6. The lowest BCUT2D eigenvalue weighted by atomic mass is 10.5. The van der Waals surface area contributed by atoms with E-state index in [0.29, 0.717) is 0 Å². The van der Waals surface area contributed by atoms with Crippen molar-refractivity contribution in [1.29, 1.82) is 0 Å². The molecule has 13 heteroatoms. The molecule has 2 atom stereocenters. The van der Waals surface area contributed by atoms with Crippen LogP contribution in [0.1, 0.15) is 26.7 Å². The summed E-state index contributed by atoms with van der Waals surface area (Å²) >= 11 is 0. The number of alkyl halides is 6. The Morgan fingerprint density at radius 1 is 0.810 bits per heavy atom. The number of rotatable bonds is 8. The van der Waals surface area contributed by atoms with Gasteiger partial charge in [-0.2, -0.15) is 8.42 Å². The molecule has 128 valence electrons. The molecule has 0 bridgehead atoms. The average molecular weight is 350 g/mol. The van der Waals surface area contributed by atoms with Crippen LogP contribution in [0.3, 0.4) is 0 Å². The van der Waals surface area contributed by atoms with E-state index in [4.69, 9.17) is 0 Å². The molecule has 0 aliphatic heterocycles. The van der Waals surface area contributed by atoms with E-state index in [2.05, 4.69) is 17.8 Å². The van der Waals surface area contributed by atoms with Crippen molar-refractivity contribution in [3.8, 4) is 0 Å². The Morgan fingerprint density at radius 2 is 1.10 bits per heavy atom. The van der Waals surface area contributed by atoms with Crippen LogP contribution >= 0.6 is 0 Å². The lowest BCUT2D eigenvalue weighted by molar-refractivity contribution is -0.372. The molecule has 0 rings (SSSR count). The molecule has 21 heavy (non-hydrogen) atoms. The van der Waals surface area contributed by atoms with Gasteiger partial charge < -0.3 is 0 Å². The second kappa shape index (κ2) is 7.58. The van der Waals surface area contributed by atoms with Gasteiger partial charge in [-0.15, -0.1) is 26.3 Å². The van der Waals surface area contributed by atoms with Crippen LogP contribution in [0, 0.1) is 0 Å². The molecule has 0 N–H and O–H groups in total. The van der Waals surface area contributed by atoms with Crippen molar-refractivity contribution in [3.63, 3.8) is 0 Å². The first-order valence-corrected chi connectivity index (χ1v) is 6.72. The molecular weight excluding hydrogens is 338 g/mol. The molecule has 0 heterocycles. The minimum atomic E-state index is -5.20. The molecular formula is C8H12F6O6S. The quantitative estimate of drug-likeness (QED) is 0.495. The maximum Gasteiger partial charge on any atom is 0.524 e. The third-order valence-electron chi connectivity index (χ3n) is 1.65. The summed E-state index contributed by atoms with van der Waals surface area (Å²) in [5.41, 5.74) is 0. The number of hydrogen-bond acceptors (Lipinski definition) is 6. The van der Waals surface area contributed by atoms with Crippen LogP contribution in [-0.4, -0.2) is 33.7 Å². The summed E-state index contributed by atoms with van der Waals surface area (Å²) in [5, 5.41) is 0. The van der Waals surface area contributed by atoms with Gasteiger partial charge in [0, 0.05) is 0 Å². The highest BCUT2D eigenvalue weighted by Gasteiger charge is 2.38. The summed E-state index contributed by atoms with van der Waals surface area (Å²) in [6, 6.07) is 0. The van der Waals surface area contributed by atoms with Crippen LogP contribution in [0.25, 0.3) is 0 Å². The predicted molar refractivity (Wildman–Crippen MR) is 53.5 cm³/mol. The van der Waals surface area contributed by atoms with Gasteiger partial charge in [0.05, 0.1) is 0 Å². The van der Waals surface area contributed by atoms with Crippen LogP contribution in [-0.2, 0) is 28.2 Å². The van der Waals surface area contributed by atoms with Crippen molar-refractivity contribution in [1.82, 2.24) is 0 Å². The lowest BCUT2D eigenvalue weighted by Gasteiger charge is -2.20. The minimum absolute atomic E-state index is 0.557. The smallest absolute Gasteiger partial charge is 0.261 e.